The molecule has 5 nitrogen and oxygen atoms in total. The second-order valence-electron chi connectivity index (χ2n) is 6.89. The Balaban J connectivity index is 1.64. The number of aryl methyl sites for hydroxylation is 1. The normalized spacial score (nSPS) is 13.5. The predicted molar refractivity (Wildman–Crippen MR) is 103 cm³/mol. The number of amides is 1. The van der Waals surface area contributed by atoms with E-state index < -0.39 is 0 Å². The number of oxazole rings is 1. The van der Waals surface area contributed by atoms with Gasteiger partial charge >= 0.3 is 0 Å². The predicted octanol–water partition coefficient (Wildman–Crippen LogP) is 3.98. The number of nitrogens with zero attached hydrogens (tertiary/aromatic N) is 1. The molecule has 0 atom stereocenters. The number of carbonyl (C=O) groups excluding carboxylic acids is 1. The first-order chi connectivity index (χ1) is 13.0. The molecule has 0 radical (unpaired) electrons. The molecule has 0 fully saturated rings. The van der Waals surface area contributed by atoms with Gasteiger partial charge in [-0.25, -0.2) is 4.98 Å². The minimum Gasteiger partial charge on any atom is -0.491 e. The zero-order chi connectivity index (χ0) is 19.0. The van der Waals surface area contributed by atoms with Gasteiger partial charge in [0.05, 0.1) is 12.1 Å². The average molecular weight is 362 g/mol. The first-order valence-electron chi connectivity index (χ1n) is 9.08. The van der Waals surface area contributed by atoms with E-state index in [-0.39, 0.29) is 5.91 Å². The number of aromatic nitrogens is 1. The number of hydrogen-bond acceptors (Lipinski definition) is 4. The Hall–Kier alpha value is -3.08. The molecule has 0 aliphatic carbocycles. The number of fused-ring (bicyclic) bond motifs is 1. The summed E-state index contributed by atoms with van der Waals surface area (Å²) in [6.45, 7) is 6.97. The van der Waals surface area contributed by atoms with Crippen molar-refractivity contribution >= 4 is 5.91 Å². The van der Waals surface area contributed by atoms with Gasteiger partial charge in [-0.2, -0.15) is 0 Å². The standard InChI is InChI=1S/C22H22N2O3/c1-13-14(2)21-19(22(25)23-8-9-26-21)11-18(13)10-16-4-6-17(7-5-16)20-12-27-15(3)24-20/h4-7,11-12H,8-10H2,1-3H3,(H,23,25). The van der Waals surface area contributed by atoms with E-state index in [4.69, 9.17) is 9.15 Å². The molecule has 1 N–H and O–H groups in total. The Labute approximate surface area is 158 Å². The Kier molecular flexibility index (Phi) is 4.44. The maximum Gasteiger partial charge on any atom is 0.255 e. The number of hydrogen-bond donors (Lipinski definition) is 1. The van der Waals surface area contributed by atoms with Gasteiger partial charge in [-0.1, -0.05) is 24.3 Å². The lowest BCUT2D eigenvalue weighted by molar-refractivity contribution is 0.0957. The lowest BCUT2D eigenvalue weighted by atomic mass is 9.93. The topological polar surface area (TPSA) is 64.4 Å². The van der Waals surface area contributed by atoms with Crippen LogP contribution >= 0.6 is 0 Å². The molecule has 1 aliphatic heterocycles. The molecule has 5 heteroatoms. The molecule has 4 rings (SSSR count). The van der Waals surface area contributed by atoms with Crippen LogP contribution in [0, 0.1) is 20.8 Å². The number of rotatable bonds is 3. The van der Waals surface area contributed by atoms with E-state index in [0.29, 0.717) is 30.4 Å². The van der Waals surface area contributed by atoms with Crippen LogP contribution in [0.2, 0.25) is 0 Å². The van der Waals surface area contributed by atoms with E-state index in [0.717, 1.165) is 28.8 Å². The summed E-state index contributed by atoms with van der Waals surface area (Å²) in [6.07, 6.45) is 2.42. The molecule has 1 aromatic heterocycles. The molecule has 0 bridgehead atoms. The highest BCUT2D eigenvalue weighted by atomic mass is 16.5. The molecule has 27 heavy (non-hydrogen) atoms. The Morgan fingerprint density at radius 3 is 2.59 bits per heavy atom. The van der Waals surface area contributed by atoms with Crippen molar-refractivity contribution in [2.45, 2.75) is 27.2 Å². The van der Waals surface area contributed by atoms with Crippen molar-refractivity contribution in [1.29, 1.82) is 0 Å². The van der Waals surface area contributed by atoms with E-state index in [1.54, 1.807) is 6.26 Å². The molecular weight excluding hydrogens is 340 g/mol. The van der Waals surface area contributed by atoms with Crippen molar-refractivity contribution in [3.63, 3.8) is 0 Å². The molecule has 2 heterocycles. The molecule has 1 aliphatic rings. The fourth-order valence-corrected chi connectivity index (χ4v) is 3.42. The highest BCUT2D eigenvalue weighted by molar-refractivity contribution is 5.98. The minimum absolute atomic E-state index is 0.0661. The number of ether oxygens (including phenoxy) is 1. The van der Waals surface area contributed by atoms with Crippen molar-refractivity contribution in [3.05, 3.63) is 70.3 Å². The van der Waals surface area contributed by atoms with Crippen LogP contribution in [-0.4, -0.2) is 24.0 Å². The van der Waals surface area contributed by atoms with Crippen molar-refractivity contribution in [2.75, 3.05) is 13.2 Å². The first kappa shape index (κ1) is 17.3. The lowest BCUT2D eigenvalue weighted by Gasteiger charge is -2.16. The van der Waals surface area contributed by atoms with Gasteiger partial charge in [0.1, 0.15) is 24.3 Å². The smallest absolute Gasteiger partial charge is 0.255 e. The fourth-order valence-electron chi connectivity index (χ4n) is 3.42. The van der Waals surface area contributed by atoms with Crippen LogP contribution in [0.25, 0.3) is 11.3 Å². The molecule has 1 amide bonds. The van der Waals surface area contributed by atoms with Crippen LogP contribution in [0.15, 0.2) is 41.0 Å². The first-order valence-corrected chi connectivity index (χ1v) is 9.08. The number of carbonyl (C=O) groups is 1. The van der Waals surface area contributed by atoms with Crippen LogP contribution in [0.1, 0.15) is 38.5 Å². The third kappa shape index (κ3) is 3.33. The van der Waals surface area contributed by atoms with Gasteiger partial charge in [-0.3, -0.25) is 4.79 Å². The molecule has 0 spiro atoms. The summed E-state index contributed by atoms with van der Waals surface area (Å²) in [5.74, 6) is 1.30. The summed E-state index contributed by atoms with van der Waals surface area (Å²) >= 11 is 0. The van der Waals surface area contributed by atoms with Crippen LogP contribution in [-0.2, 0) is 6.42 Å². The zero-order valence-electron chi connectivity index (χ0n) is 15.8. The highest BCUT2D eigenvalue weighted by Crippen LogP contribution is 2.32. The third-order valence-corrected chi connectivity index (χ3v) is 5.09. The second-order valence-corrected chi connectivity index (χ2v) is 6.89. The summed E-state index contributed by atoms with van der Waals surface area (Å²) in [5.41, 5.74) is 7.01. The summed E-state index contributed by atoms with van der Waals surface area (Å²) in [6, 6.07) is 10.3. The molecule has 2 aromatic carbocycles. The second kappa shape index (κ2) is 6.91. The Morgan fingerprint density at radius 1 is 1.11 bits per heavy atom. The molecule has 3 aromatic rings. The molecule has 0 saturated heterocycles. The quantitative estimate of drug-likeness (QED) is 0.765. The van der Waals surface area contributed by atoms with Gasteiger partial charge in [-0.15, -0.1) is 0 Å². The van der Waals surface area contributed by atoms with Gasteiger partial charge in [0.15, 0.2) is 5.89 Å². The van der Waals surface area contributed by atoms with Gasteiger partial charge in [0.2, 0.25) is 0 Å². The van der Waals surface area contributed by atoms with Crippen LogP contribution in [0.4, 0.5) is 0 Å². The maximum absolute atomic E-state index is 12.4. The van der Waals surface area contributed by atoms with Crippen LogP contribution in [0.5, 0.6) is 5.75 Å². The van der Waals surface area contributed by atoms with Crippen molar-refractivity contribution in [2.24, 2.45) is 0 Å². The molecule has 138 valence electrons. The van der Waals surface area contributed by atoms with Gasteiger partial charge in [0.25, 0.3) is 5.91 Å². The van der Waals surface area contributed by atoms with Gasteiger partial charge in [0, 0.05) is 12.5 Å². The molecule has 0 unspecified atom stereocenters. The number of benzene rings is 2. The molecule has 0 saturated carbocycles. The fraction of sp³-hybridized carbons (Fsp3) is 0.273. The van der Waals surface area contributed by atoms with Crippen molar-refractivity contribution in [3.8, 4) is 17.0 Å². The van der Waals surface area contributed by atoms with Crippen LogP contribution in [0.3, 0.4) is 0 Å². The summed E-state index contributed by atoms with van der Waals surface area (Å²) in [4.78, 5) is 16.7. The summed E-state index contributed by atoms with van der Waals surface area (Å²) in [5, 5.41) is 2.89. The average Bonchev–Trinajstić information content (AvgIpc) is 3.01. The van der Waals surface area contributed by atoms with E-state index >= 15 is 0 Å². The summed E-state index contributed by atoms with van der Waals surface area (Å²) in [7, 11) is 0. The van der Waals surface area contributed by atoms with Crippen LogP contribution < -0.4 is 10.1 Å². The maximum atomic E-state index is 12.4. The van der Waals surface area contributed by atoms with Gasteiger partial charge in [-0.05, 0) is 48.6 Å². The largest absolute Gasteiger partial charge is 0.491 e. The zero-order valence-corrected chi connectivity index (χ0v) is 15.8. The van der Waals surface area contributed by atoms with E-state index in [9.17, 15) is 4.79 Å². The highest BCUT2D eigenvalue weighted by Gasteiger charge is 2.21. The SMILES string of the molecule is Cc1nc(-c2ccc(Cc3cc4c(c(C)c3C)OCCNC4=O)cc2)co1. The van der Waals surface area contributed by atoms with Gasteiger partial charge < -0.3 is 14.5 Å². The summed E-state index contributed by atoms with van der Waals surface area (Å²) < 4.78 is 11.1. The van der Waals surface area contributed by atoms with Crippen molar-refractivity contribution < 1.29 is 13.9 Å². The van der Waals surface area contributed by atoms with E-state index in [1.165, 1.54) is 11.1 Å². The minimum atomic E-state index is -0.0661. The Morgan fingerprint density at radius 2 is 1.89 bits per heavy atom. The monoisotopic (exact) mass is 362 g/mol. The Bertz CT molecular complexity index is 1000. The van der Waals surface area contributed by atoms with Crippen molar-refractivity contribution in [1.82, 2.24) is 10.3 Å². The number of nitrogens with one attached hydrogen (secondary N) is 1. The van der Waals surface area contributed by atoms with E-state index in [1.807, 2.05) is 32.0 Å². The molecular formula is C22H22N2O3. The van der Waals surface area contributed by atoms with E-state index in [2.05, 4.69) is 29.4 Å². The lowest BCUT2D eigenvalue weighted by Crippen LogP contribution is -2.24. The third-order valence-electron chi connectivity index (χ3n) is 5.09.